The Kier molecular flexibility index (Phi) is 11.0. The number of hydrogen-bond acceptors (Lipinski definition) is 4. The predicted octanol–water partition coefficient (Wildman–Crippen LogP) is 3.77. The SMILES string of the molecule is CCCCCCCCS(=O)(=O)NCCSC(=O)Cc1ccccc1. The van der Waals surface area contributed by atoms with Crippen molar-refractivity contribution >= 4 is 26.9 Å². The van der Waals surface area contributed by atoms with Crippen LogP contribution in [0.3, 0.4) is 0 Å². The van der Waals surface area contributed by atoms with Gasteiger partial charge in [0.15, 0.2) is 5.12 Å². The molecule has 136 valence electrons. The van der Waals surface area contributed by atoms with E-state index in [4.69, 9.17) is 0 Å². The van der Waals surface area contributed by atoms with Gasteiger partial charge in [0.25, 0.3) is 0 Å². The summed E-state index contributed by atoms with van der Waals surface area (Å²) in [6, 6.07) is 9.57. The van der Waals surface area contributed by atoms with Crippen LogP contribution >= 0.6 is 11.8 Å². The first-order valence-electron chi connectivity index (χ1n) is 8.70. The van der Waals surface area contributed by atoms with Crippen LogP contribution in [0.25, 0.3) is 0 Å². The molecule has 0 aromatic heterocycles. The van der Waals surface area contributed by atoms with E-state index in [0.29, 0.717) is 25.1 Å². The van der Waals surface area contributed by atoms with E-state index in [9.17, 15) is 13.2 Å². The van der Waals surface area contributed by atoms with Gasteiger partial charge >= 0.3 is 0 Å². The molecule has 0 aliphatic rings. The maximum atomic E-state index is 11.8. The van der Waals surface area contributed by atoms with E-state index >= 15 is 0 Å². The van der Waals surface area contributed by atoms with Crippen molar-refractivity contribution in [3.8, 4) is 0 Å². The lowest BCUT2D eigenvalue weighted by Gasteiger charge is -2.06. The average molecular weight is 372 g/mol. The Morgan fingerprint density at radius 3 is 2.42 bits per heavy atom. The summed E-state index contributed by atoms with van der Waals surface area (Å²) in [5, 5.41) is 0.0660. The average Bonchev–Trinajstić information content (AvgIpc) is 2.56. The summed E-state index contributed by atoms with van der Waals surface area (Å²) in [4.78, 5) is 11.8. The van der Waals surface area contributed by atoms with Crippen molar-refractivity contribution in [3.63, 3.8) is 0 Å². The van der Waals surface area contributed by atoms with Crippen LogP contribution in [0.4, 0.5) is 0 Å². The Bertz CT molecular complexity index is 559. The number of nitrogens with one attached hydrogen (secondary N) is 1. The summed E-state index contributed by atoms with van der Waals surface area (Å²) in [5.74, 6) is 0.656. The van der Waals surface area contributed by atoms with Gasteiger partial charge in [0.2, 0.25) is 10.0 Å². The van der Waals surface area contributed by atoms with Gasteiger partial charge in [-0.05, 0) is 12.0 Å². The third-order valence-electron chi connectivity index (χ3n) is 3.64. The maximum Gasteiger partial charge on any atom is 0.211 e. The maximum absolute atomic E-state index is 11.8. The molecule has 0 heterocycles. The topological polar surface area (TPSA) is 63.2 Å². The lowest BCUT2D eigenvalue weighted by Crippen LogP contribution is -2.28. The predicted molar refractivity (Wildman–Crippen MR) is 103 cm³/mol. The van der Waals surface area contributed by atoms with Gasteiger partial charge in [-0.25, -0.2) is 13.1 Å². The van der Waals surface area contributed by atoms with Crippen molar-refractivity contribution in [2.45, 2.75) is 51.9 Å². The van der Waals surface area contributed by atoms with Gasteiger partial charge in [0, 0.05) is 18.7 Å². The fraction of sp³-hybridized carbons (Fsp3) is 0.611. The molecule has 0 aliphatic carbocycles. The zero-order chi connectivity index (χ0) is 17.7. The Hall–Kier alpha value is -0.850. The molecule has 0 amide bonds. The van der Waals surface area contributed by atoms with Gasteiger partial charge in [-0.15, -0.1) is 0 Å². The van der Waals surface area contributed by atoms with Gasteiger partial charge < -0.3 is 0 Å². The van der Waals surface area contributed by atoms with Crippen LogP contribution < -0.4 is 4.72 Å². The first-order valence-corrected chi connectivity index (χ1v) is 11.3. The lowest BCUT2D eigenvalue weighted by molar-refractivity contribution is -0.110. The van der Waals surface area contributed by atoms with E-state index < -0.39 is 10.0 Å². The number of hydrogen-bond donors (Lipinski definition) is 1. The summed E-state index contributed by atoms with van der Waals surface area (Å²) in [5.41, 5.74) is 0.985. The van der Waals surface area contributed by atoms with Crippen molar-refractivity contribution in [2.75, 3.05) is 18.1 Å². The second kappa shape index (κ2) is 12.5. The number of thioether (sulfide) groups is 1. The second-order valence-corrected chi connectivity index (χ2v) is 8.94. The molecule has 1 rings (SSSR count). The molecule has 0 radical (unpaired) electrons. The molecule has 0 aliphatic heterocycles. The molecular formula is C18H29NO3S2. The minimum absolute atomic E-state index is 0.0660. The molecule has 6 heteroatoms. The summed E-state index contributed by atoms with van der Waals surface area (Å²) in [6.07, 6.45) is 6.76. The Balaban J connectivity index is 2.09. The van der Waals surface area contributed by atoms with E-state index in [1.807, 2.05) is 30.3 Å². The monoisotopic (exact) mass is 371 g/mol. The van der Waals surface area contributed by atoms with Gasteiger partial charge in [-0.2, -0.15) is 0 Å². The molecule has 4 nitrogen and oxygen atoms in total. The Labute approximate surface area is 150 Å². The normalized spacial score (nSPS) is 11.5. The highest BCUT2D eigenvalue weighted by molar-refractivity contribution is 8.13. The lowest BCUT2D eigenvalue weighted by atomic mass is 10.1. The minimum atomic E-state index is -3.21. The standard InChI is InChI=1S/C18H29NO3S2/c1-2-3-4-5-6-10-15-24(21,22)19-13-14-23-18(20)16-17-11-8-7-9-12-17/h7-9,11-12,19H,2-6,10,13-16H2,1H3. The fourth-order valence-corrected chi connectivity index (χ4v) is 4.29. The molecule has 0 unspecified atom stereocenters. The first kappa shape index (κ1) is 21.2. The molecule has 1 aromatic rings. The van der Waals surface area contributed by atoms with Gasteiger partial charge in [0.1, 0.15) is 0 Å². The summed E-state index contributed by atoms with van der Waals surface area (Å²) >= 11 is 1.18. The van der Waals surface area contributed by atoms with Crippen molar-refractivity contribution in [1.82, 2.24) is 4.72 Å². The number of rotatable bonds is 13. The molecule has 1 N–H and O–H groups in total. The molecule has 0 saturated carbocycles. The third-order valence-corrected chi connectivity index (χ3v) is 5.99. The van der Waals surface area contributed by atoms with Gasteiger partial charge in [0.05, 0.1) is 5.75 Å². The Morgan fingerprint density at radius 1 is 1.04 bits per heavy atom. The second-order valence-electron chi connectivity index (χ2n) is 5.86. The third kappa shape index (κ3) is 10.8. The molecule has 0 saturated heterocycles. The van der Waals surface area contributed by atoms with Crippen LogP contribution in [0.15, 0.2) is 30.3 Å². The van der Waals surface area contributed by atoms with E-state index in [-0.39, 0.29) is 10.9 Å². The van der Waals surface area contributed by atoms with E-state index in [0.717, 1.165) is 18.4 Å². The highest BCUT2D eigenvalue weighted by Crippen LogP contribution is 2.09. The van der Waals surface area contributed by atoms with Crippen LogP contribution in [0.2, 0.25) is 0 Å². The fourth-order valence-electron chi connectivity index (χ4n) is 2.32. The van der Waals surface area contributed by atoms with E-state index in [2.05, 4.69) is 11.6 Å². The number of benzene rings is 1. The molecule has 0 spiro atoms. The zero-order valence-corrected chi connectivity index (χ0v) is 16.1. The number of carbonyl (C=O) groups is 1. The molecule has 24 heavy (non-hydrogen) atoms. The van der Waals surface area contributed by atoms with Crippen LogP contribution in [0.1, 0.15) is 51.0 Å². The molecule has 0 atom stereocenters. The van der Waals surface area contributed by atoms with Gasteiger partial charge in [-0.1, -0.05) is 81.1 Å². The molecule has 0 bridgehead atoms. The van der Waals surface area contributed by atoms with Crippen LogP contribution in [-0.4, -0.2) is 31.6 Å². The number of sulfonamides is 1. The van der Waals surface area contributed by atoms with Crippen molar-refractivity contribution in [2.24, 2.45) is 0 Å². The molecule has 0 fully saturated rings. The first-order chi connectivity index (χ1) is 11.5. The highest BCUT2D eigenvalue weighted by atomic mass is 32.2. The largest absolute Gasteiger partial charge is 0.287 e. The Morgan fingerprint density at radius 2 is 1.71 bits per heavy atom. The molecule has 1 aromatic carbocycles. The highest BCUT2D eigenvalue weighted by Gasteiger charge is 2.10. The van der Waals surface area contributed by atoms with Gasteiger partial charge in [-0.3, -0.25) is 4.79 Å². The smallest absolute Gasteiger partial charge is 0.211 e. The van der Waals surface area contributed by atoms with Crippen molar-refractivity contribution in [1.29, 1.82) is 0 Å². The summed E-state index contributed by atoms with van der Waals surface area (Å²) < 4.78 is 26.3. The van der Waals surface area contributed by atoms with Crippen LogP contribution in [-0.2, 0) is 21.2 Å². The zero-order valence-electron chi connectivity index (χ0n) is 14.5. The summed E-state index contributed by atoms with van der Waals surface area (Å²) in [6.45, 7) is 2.47. The quantitative estimate of drug-likeness (QED) is 0.536. The number of unbranched alkanes of at least 4 members (excludes halogenated alkanes) is 5. The number of carbonyl (C=O) groups excluding carboxylic acids is 1. The minimum Gasteiger partial charge on any atom is -0.287 e. The van der Waals surface area contributed by atoms with Crippen LogP contribution in [0, 0.1) is 0 Å². The van der Waals surface area contributed by atoms with E-state index in [1.165, 1.54) is 31.0 Å². The van der Waals surface area contributed by atoms with E-state index in [1.54, 1.807) is 0 Å². The van der Waals surface area contributed by atoms with Crippen molar-refractivity contribution < 1.29 is 13.2 Å². The van der Waals surface area contributed by atoms with Crippen LogP contribution in [0.5, 0.6) is 0 Å². The molecular weight excluding hydrogens is 342 g/mol. The van der Waals surface area contributed by atoms with Crippen molar-refractivity contribution in [3.05, 3.63) is 35.9 Å². The summed E-state index contributed by atoms with van der Waals surface area (Å²) in [7, 11) is -3.21.